The van der Waals surface area contributed by atoms with Crippen LogP contribution >= 0.6 is 7.60 Å². The first-order chi connectivity index (χ1) is 10.7. The lowest BCUT2D eigenvalue weighted by Gasteiger charge is -2.27. The molecule has 122 valence electrons. The predicted molar refractivity (Wildman–Crippen MR) is 89.6 cm³/mol. The van der Waals surface area contributed by atoms with Gasteiger partial charge in [-0.3, -0.25) is 4.57 Å². The summed E-state index contributed by atoms with van der Waals surface area (Å²) in [5, 5.41) is 4.30. The van der Waals surface area contributed by atoms with Crippen LogP contribution in [-0.4, -0.2) is 13.2 Å². The molecule has 0 aliphatic heterocycles. The molecule has 0 bridgehead atoms. The van der Waals surface area contributed by atoms with Crippen molar-refractivity contribution in [1.29, 1.82) is 0 Å². The molecule has 0 saturated carbocycles. The summed E-state index contributed by atoms with van der Waals surface area (Å²) >= 11 is 0. The van der Waals surface area contributed by atoms with Gasteiger partial charge in [0.15, 0.2) is 0 Å². The number of rotatable bonds is 8. The van der Waals surface area contributed by atoms with Crippen LogP contribution in [0.2, 0.25) is 0 Å². The van der Waals surface area contributed by atoms with Crippen LogP contribution in [0.5, 0.6) is 0 Å². The number of benzene rings is 1. The van der Waals surface area contributed by atoms with E-state index in [0.29, 0.717) is 13.2 Å². The van der Waals surface area contributed by atoms with Gasteiger partial charge < -0.3 is 14.4 Å². The minimum atomic E-state index is -3.16. The SMILES string of the molecule is CCOP(=O)(OCC)C1=C(NCc2ccccc2)CCCC1. The van der Waals surface area contributed by atoms with E-state index in [2.05, 4.69) is 17.4 Å². The zero-order valence-electron chi connectivity index (χ0n) is 13.5. The van der Waals surface area contributed by atoms with Crippen LogP contribution in [0.15, 0.2) is 41.3 Å². The van der Waals surface area contributed by atoms with E-state index in [-0.39, 0.29) is 0 Å². The highest BCUT2D eigenvalue weighted by molar-refractivity contribution is 7.58. The molecule has 0 amide bonds. The van der Waals surface area contributed by atoms with E-state index in [0.717, 1.165) is 43.2 Å². The summed E-state index contributed by atoms with van der Waals surface area (Å²) in [5.41, 5.74) is 2.25. The molecule has 22 heavy (non-hydrogen) atoms. The van der Waals surface area contributed by atoms with Gasteiger partial charge in [-0.15, -0.1) is 0 Å². The van der Waals surface area contributed by atoms with E-state index in [1.54, 1.807) is 0 Å². The van der Waals surface area contributed by atoms with Gasteiger partial charge in [-0.1, -0.05) is 30.3 Å². The Morgan fingerprint density at radius 1 is 1.05 bits per heavy atom. The Balaban J connectivity index is 2.19. The molecule has 0 spiro atoms. The van der Waals surface area contributed by atoms with E-state index >= 15 is 0 Å². The van der Waals surface area contributed by atoms with Gasteiger partial charge in [0.2, 0.25) is 0 Å². The maximum Gasteiger partial charge on any atom is 0.359 e. The summed E-state index contributed by atoms with van der Waals surface area (Å²) in [7, 11) is -3.16. The van der Waals surface area contributed by atoms with Crippen molar-refractivity contribution in [1.82, 2.24) is 5.32 Å². The van der Waals surface area contributed by atoms with Crippen LogP contribution in [0.1, 0.15) is 45.1 Å². The molecule has 5 heteroatoms. The maximum atomic E-state index is 13.0. The van der Waals surface area contributed by atoms with Gasteiger partial charge in [0.25, 0.3) is 0 Å². The minimum absolute atomic E-state index is 0.396. The summed E-state index contributed by atoms with van der Waals surface area (Å²) in [6.07, 6.45) is 3.84. The first kappa shape index (κ1) is 17.3. The van der Waals surface area contributed by atoms with Crippen LogP contribution < -0.4 is 5.32 Å². The third-order valence-corrected chi connectivity index (χ3v) is 6.07. The Hall–Kier alpha value is -1.09. The Morgan fingerprint density at radius 2 is 1.68 bits per heavy atom. The van der Waals surface area contributed by atoms with Gasteiger partial charge in [-0.25, -0.2) is 0 Å². The molecule has 1 aliphatic carbocycles. The standard InChI is InChI=1S/C17H26NO3P/c1-3-20-22(19,21-4-2)17-13-9-8-12-16(17)18-14-15-10-6-5-7-11-15/h5-7,10-11,18H,3-4,8-9,12-14H2,1-2H3. The molecule has 0 fully saturated rings. The van der Waals surface area contributed by atoms with Crippen molar-refractivity contribution in [3.63, 3.8) is 0 Å². The van der Waals surface area contributed by atoms with Crippen LogP contribution in [0.25, 0.3) is 0 Å². The van der Waals surface area contributed by atoms with Gasteiger partial charge in [-0.05, 0) is 45.1 Å². The summed E-state index contributed by atoms with van der Waals surface area (Å²) in [4.78, 5) is 0. The van der Waals surface area contributed by atoms with Gasteiger partial charge in [-0.2, -0.15) is 0 Å². The normalized spacial score (nSPS) is 15.9. The first-order valence-corrected chi connectivity index (χ1v) is 9.63. The molecule has 4 nitrogen and oxygen atoms in total. The van der Waals surface area contributed by atoms with Crippen molar-refractivity contribution in [3.05, 3.63) is 46.9 Å². The Labute approximate surface area is 133 Å². The molecule has 1 aliphatic rings. The largest absolute Gasteiger partial charge is 0.384 e. The highest BCUT2D eigenvalue weighted by Gasteiger charge is 2.33. The van der Waals surface area contributed by atoms with Crippen molar-refractivity contribution in [2.75, 3.05) is 13.2 Å². The lowest BCUT2D eigenvalue weighted by Crippen LogP contribution is -2.18. The van der Waals surface area contributed by atoms with Gasteiger partial charge >= 0.3 is 7.60 Å². The third kappa shape index (κ3) is 4.45. The maximum absolute atomic E-state index is 13.0. The molecule has 1 N–H and O–H groups in total. The fraction of sp³-hybridized carbons (Fsp3) is 0.529. The molecule has 0 unspecified atom stereocenters. The monoisotopic (exact) mass is 323 g/mol. The van der Waals surface area contributed by atoms with Gasteiger partial charge in [0.05, 0.1) is 18.5 Å². The molecular formula is C17H26NO3P. The third-order valence-electron chi connectivity index (χ3n) is 3.72. The van der Waals surface area contributed by atoms with Gasteiger partial charge in [0.1, 0.15) is 0 Å². The van der Waals surface area contributed by atoms with Gasteiger partial charge in [0, 0.05) is 12.2 Å². The number of hydrogen-bond acceptors (Lipinski definition) is 4. The molecule has 0 aromatic heterocycles. The lowest BCUT2D eigenvalue weighted by atomic mass is 10.0. The van der Waals surface area contributed by atoms with Crippen LogP contribution in [-0.2, 0) is 20.2 Å². The smallest absolute Gasteiger partial charge is 0.359 e. The van der Waals surface area contributed by atoms with Crippen molar-refractivity contribution in [2.45, 2.75) is 46.1 Å². The summed E-state index contributed by atoms with van der Waals surface area (Å²) in [6, 6.07) is 10.2. The van der Waals surface area contributed by atoms with Crippen molar-refractivity contribution in [2.24, 2.45) is 0 Å². The molecule has 0 radical (unpaired) electrons. The second kappa shape index (κ2) is 8.52. The predicted octanol–water partition coefficient (Wildman–Crippen LogP) is 4.83. The number of hydrogen-bond donors (Lipinski definition) is 1. The number of allylic oxidation sites excluding steroid dienone is 2. The Morgan fingerprint density at radius 3 is 2.32 bits per heavy atom. The zero-order chi connectivity index (χ0) is 15.8. The molecule has 0 heterocycles. The van der Waals surface area contributed by atoms with E-state index in [1.807, 2.05) is 32.0 Å². The second-order valence-electron chi connectivity index (χ2n) is 5.30. The average Bonchev–Trinajstić information content (AvgIpc) is 2.55. The van der Waals surface area contributed by atoms with Crippen LogP contribution in [0.3, 0.4) is 0 Å². The molecule has 1 aromatic carbocycles. The topological polar surface area (TPSA) is 47.6 Å². The van der Waals surface area contributed by atoms with Crippen molar-refractivity contribution < 1.29 is 13.6 Å². The second-order valence-corrected chi connectivity index (χ2v) is 7.36. The summed E-state index contributed by atoms with van der Waals surface area (Å²) in [6.45, 7) is 5.23. The Kier molecular flexibility index (Phi) is 6.69. The molecule has 1 aromatic rings. The molecular weight excluding hydrogens is 297 g/mol. The fourth-order valence-corrected chi connectivity index (χ4v) is 4.74. The number of nitrogens with one attached hydrogen (secondary N) is 1. The van der Waals surface area contributed by atoms with E-state index in [1.165, 1.54) is 5.56 Å². The minimum Gasteiger partial charge on any atom is -0.384 e. The van der Waals surface area contributed by atoms with Crippen molar-refractivity contribution in [3.8, 4) is 0 Å². The van der Waals surface area contributed by atoms with E-state index < -0.39 is 7.60 Å². The van der Waals surface area contributed by atoms with Crippen molar-refractivity contribution >= 4 is 7.60 Å². The highest BCUT2D eigenvalue weighted by atomic mass is 31.2. The quantitative estimate of drug-likeness (QED) is 0.696. The fourth-order valence-electron chi connectivity index (χ4n) is 2.72. The summed E-state index contributed by atoms with van der Waals surface area (Å²) < 4.78 is 24.1. The average molecular weight is 323 g/mol. The lowest BCUT2D eigenvalue weighted by molar-refractivity contribution is 0.224. The van der Waals surface area contributed by atoms with Crippen LogP contribution in [0, 0.1) is 0 Å². The summed E-state index contributed by atoms with van der Waals surface area (Å²) in [5.74, 6) is 0. The zero-order valence-corrected chi connectivity index (χ0v) is 14.4. The molecule has 0 saturated heterocycles. The van der Waals surface area contributed by atoms with Crippen LogP contribution in [0.4, 0.5) is 0 Å². The first-order valence-electron chi connectivity index (χ1n) is 8.09. The molecule has 0 atom stereocenters. The molecule has 2 rings (SSSR count). The Bertz CT molecular complexity index is 532. The van der Waals surface area contributed by atoms with E-state index in [4.69, 9.17) is 9.05 Å². The van der Waals surface area contributed by atoms with E-state index in [9.17, 15) is 4.57 Å². The highest BCUT2D eigenvalue weighted by Crippen LogP contribution is 2.59.